The predicted molar refractivity (Wildman–Crippen MR) is 333 cm³/mol. The first kappa shape index (κ1) is 76.0. The van der Waals surface area contributed by atoms with Crippen molar-refractivity contribution >= 4 is 43.3 Å². The van der Waals surface area contributed by atoms with Gasteiger partial charge in [-0.05, 0) is 61.1 Å². The molecule has 0 aromatic heterocycles. The van der Waals surface area contributed by atoms with E-state index in [9.17, 15) is 25.9 Å². The van der Waals surface area contributed by atoms with Gasteiger partial charge in [-0.3, -0.25) is 0 Å². The molecule has 0 saturated carbocycles. The van der Waals surface area contributed by atoms with Gasteiger partial charge in [0.15, 0.2) is 0 Å². The molecule has 0 atom stereocenters. The Hall–Kier alpha value is -0.974. The van der Waals surface area contributed by atoms with Crippen molar-refractivity contribution in [2.24, 2.45) is 0 Å². The molecule has 0 N–H and O–H groups in total. The molecule has 0 saturated heterocycles. The first-order valence-electron chi connectivity index (χ1n) is 33.2. The van der Waals surface area contributed by atoms with Crippen LogP contribution in [-0.4, -0.2) is 49.0 Å². The number of hydrogen-bond donors (Lipinski definition) is 0. The van der Waals surface area contributed by atoms with E-state index in [1.54, 1.807) is 12.1 Å². The van der Waals surface area contributed by atoms with E-state index in [0.29, 0.717) is 0 Å². The number of unbranched alkanes of at least 4 members (excludes halogenated alkanes) is 50. The molecule has 2 aromatic rings. The summed E-state index contributed by atoms with van der Waals surface area (Å²) in [6, 6.07) is 13.0. The molecular weight excluding hydrogens is 1000 g/mol. The third-order valence-electron chi connectivity index (χ3n) is 16.0. The van der Waals surface area contributed by atoms with Crippen LogP contribution in [0.25, 0.3) is 0 Å². The normalized spacial score (nSPS) is 11.7. The summed E-state index contributed by atoms with van der Waals surface area (Å²) < 4.78 is 66.7. The van der Waals surface area contributed by atoms with Crippen molar-refractivity contribution in [2.75, 3.05) is 0 Å². The average Bonchev–Trinajstić information content (AvgIpc) is 3.40. The standard InChI is InChI=1S/2C34H62O3S.Mg/c2*1-2-3-4-5-6-7-8-9-10-11-12-13-14-15-16-17-18-19-20-21-22-23-24-25-26-27-29-33-30-28-31-34(32-33)38(35,36)37;/h2*28,30-32H,2-27,29H2,1H3,(H,35,36,37);/q;;+2/p-2. The summed E-state index contributed by atoms with van der Waals surface area (Å²) in [6.45, 7) is 4.59. The molecule has 77 heavy (non-hydrogen) atoms. The molecule has 0 aliphatic rings. The largest absolute Gasteiger partial charge is 2.00 e. The van der Waals surface area contributed by atoms with E-state index in [1.807, 2.05) is 12.1 Å². The van der Waals surface area contributed by atoms with Crippen molar-refractivity contribution in [3.05, 3.63) is 59.7 Å². The van der Waals surface area contributed by atoms with E-state index in [2.05, 4.69) is 13.8 Å². The topological polar surface area (TPSA) is 114 Å². The van der Waals surface area contributed by atoms with Crippen LogP contribution in [0.3, 0.4) is 0 Å². The van der Waals surface area contributed by atoms with Gasteiger partial charge in [-0.25, -0.2) is 16.8 Å². The summed E-state index contributed by atoms with van der Waals surface area (Å²) in [7, 11) is -8.69. The molecule has 2 rings (SSSR count). The molecule has 0 bridgehead atoms. The summed E-state index contributed by atoms with van der Waals surface area (Å²) in [4.78, 5) is -0.213. The van der Waals surface area contributed by atoms with Crippen LogP contribution in [0.1, 0.15) is 359 Å². The van der Waals surface area contributed by atoms with Crippen LogP contribution in [0, 0.1) is 0 Å². The van der Waals surface area contributed by atoms with E-state index in [0.717, 1.165) is 36.8 Å². The van der Waals surface area contributed by atoms with Gasteiger partial charge in [0.25, 0.3) is 0 Å². The van der Waals surface area contributed by atoms with E-state index in [-0.39, 0.29) is 32.8 Å². The summed E-state index contributed by atoms with van der Waals surface area (Å²) >= 11 is 0. The van der Waals surface area contributed by atoms with Crippen molar-refractivity contribution in [2.45, 2.75) is 370 Å². The van der Waals surface area contributed by atoms with Crippen molar-refractivity contribution in [3.63, 3.8) is 0 Å². The molecule has 0 amide bonds. The molecule has 0 heterocycles. The quantitative estimate of drug-likeness (QED) is 0.0370. The van der Waals surface area contributed by atoms with Gasteiger partial charge in [0, 0.05) is 0 Å². The van der Waals surface area contributed by atoms with Crippen LogP contribution in [0.2, 0.25) is 0 Å². The average molecular weight is 1120 g/mol. The van der Waals surface area contributed by atoms with Gasteiger partial charge in [0.1, 0.15) is 20.2 Å². The van der Waals surface area contributed by atoms with Crippen LogP contribution in [0.5, 0.6) is 0 Å². The van der Waals surface area contributed by atoms with Gasteiger partial charge in [-0.2, -0.15) is 0 Å². The fourth-order valence-electron chi connectivity index (χ4n) is 11.0. The second-order valence-electron chi connectivity index (χ2n) is 23.4. The van der Waals surface area contributed by atoms with Crippen molar-refractivity contribution < 1.29 is 25.9 Å². The van der Waals surface area contributed by atoms with E-state index in [1.165, 1.54) is 345 Å². The number of hydrogen-bond acceptors (Lipinski definition) is 6. The van der Waals surface area contributed by atoms with Crippen molar-refractivity contribution in [3.8, 4) is 0 Å². The monoisotopic (exact) mass is 1120 g/mol. The molecule has 0 aliphatic heterocycles. The minimum atomic E-state index is -4.34. The Morgan fingerprint density at radius 1 is 0.260 bits per heavy atom. The van der Waals surface area contributed by atoms with E-state index >= 15 is 0 Å². The molecule has 0 radical (unpaired) electrons. The zero-order valence-corrected chi connectivity index (χ0v) is 53.8. The molecule has 2 aromatic carbocycles. The molecule has 9 heteroatoms. The zero-order chi connectivity index (χ0) is 55.2. The summed E-state index contributed by atoms with van der Waals surface area (Å²) in [5.41, 5.74) is 1.90. The molecule has 0 spiro atoms. The van der Waals surface area contributed by atoms with Gasteiger partial charge in [0.05, 0.1) is 9.79 Å². The van der Waals surface area contributed by atoms with Gasteiger partial charge >= 0.3 is 23.1 Å². The van der Waals surface area contributed by atoms with E-state index in [4.69, 9.17) is 0 Å². The maximum Gasteiger partial charge on any atom is 2.00 e. The molecule has 6 nitrogen and oxygen atoms in total. The molecular formula is C68H122MgO6S2. The Balaban J connectivity index is 0.00000148. The zero-order valence-electron chi connectivity index (χ0n) is 50.8. The Labute approximate surface area is 495 Å². The van der Waals surface area contributed by atoms with Crippen LogP contribution in [-0.2, 0) is 33.1 Å². The first-order valence-corrected chi connectivity index (χ1v) is 36.0. The maximum absolute atomic E-state index is 11.1. The maximum atomic E-state index is 11.1. The summed E-state index contributed by atoms with van der Waals surface area (Å²) in [6.07, 6.45) is 74.2. The molecule has 444 valence electrons. The Morgan fingerprint density at radius 2 is 0.416 bits per heavy atom. The fourth-order valence-corrected chi connectivity index (χ4v) is 12.1. The second kappa shape index (κ2) is 56.9. The van der Waals surface area contributed by atoms with Crippen molar-refractivity contribution in [1.29, 1.82) is 0 Å². The third-order valence-corrected chi connectivity index (χ3v) is 17.7. The van der Waals surface area contributed by atoms with Crippen LogP contribution >= 0.6 is 0 Å². The first-order chi connectivity index (χ1) is 37.1. The minimum Gasteiger partial charge on any atom is -0.744 e. The van der Waals surface area contributed by atoms with Crippen LogP contribution in [0.15, 0.2) is 58.3 Å². The van der Waals surface area contributed by atoms with Gasteiger partial charge in [-0.1, -0.05) is 359 Å². The van der Waals surface area contributed by atoms with Crippen LogP contribution < -0.4 is 0 Å². The fraction of sp³-hybridized carbons (Fsp3) is 0.824. The van der Waals surface area contributed by atoms with Crippen LogP contribution in [0.4, 0.5) is 0 Å². The molecule has 0 fully saturated rings. The Morgan fingerprint density at radius 3 is 0.571 bits per heavy atom. The van der Waals surface area contributed by atoms with E-state index < -0.39 is 20.2 Å². The predicted octanol–water partition coefficient (Wildman–Crippen LogP) is 22.2. The van der Waals surface area contributed by atoms with Gasteiger partial charge in [-0.15, -0.1) is 0 Å². The Kier molecular flexibility index (Phi) is 56.2. The number of rotatable bonds is 56. The third kappa shape index (κ3) is 52.8. The number of benzene rings is 2. The minimum absolute atomic E-state index is 0. The van der Waals surface area contributed by atoms with Gasteiger partial charge in [0.2, 0.25) is 0 Å². The number of aryl methyl sites for hydroxylation is 2. The molecule has 0 aliphatic carbocycles. The summed E-state index contributed by atoms with van der Waals surface area (Å²) in [5, 5.41) is 0. The second-order valence-corrected chi connectivity index (χ2v) is 26.1. The Bertz CT molecular complexity index is 1620. The SMILES string of the molecule is CCCCCCCCCCCCCCCCCCCCCCCCCCCCc1cccc(S(=O)(=O)[O-])c1.CCCCCCCCCCCCCCCCCCCCCCCCCCCCc1cccc(S(=O)(=O)[O-])c1.[Mg+2]. The smallest absolute Gasteiger partial charge is 0.744 e. The van der Waals surface area contributed by atoms with Gasteiger partial charge < -0.3 is 9.11 Å². The van der Waals surface area contributed by atoms with Crippen molar-refractivity contribution in [1.82, 2.24) is 0 Å². The molecule has 0 unspecified atom stereocenters. The summed E-state index contributed by atoms with van der Waals surface area (Å²) in [5.74, 6) is 0.